The Hall–Kier alpha value is -3.03. The van der Waals surface area contributed by atoms with E-state index in [-0.39, 0.29) is 18.1 Å². The first-order chi connectivity index (χ1) is 12.8. The van der Waals surface area contributed by atoms with Gasteiger partial charge in [-0.3, -0.25) is 10.3 Å². The SMILES string of the molecule is CCOC(=O)c1c(NC(=O)OC(C)(C)C)oc2cc(C3=COCC3)cnc12. The molecule has 3 heterocycles. The van der Waals surface area contributed by atoms with E-state index in [2.05, 4.69) is 10.3 Å². The molecule has 1 aliphatic rings. The molecule has 1 amide bonds. The highest BCUT2D eigenvalue weighted by Crippen LogP contribution is 2.33. The normalized spacial score (nSPS) is 13.9. The van der Waals surface area contributed by atoms with Gasteiger partial charge in [-0.05, 0) is 39.3 Å². The van der Waals surface area contributed by atoms with E-state index in [4.69, 9.17) is 18.6 Å². The van der Waals surface area contributed by atoms with Crippen LogP contribution in [0, 0.1) is 0 Å². The number of hydrogen-bond acceptors (Lipinski definition) is 7. The van der Waals surface area contributed by atoms with E-state index in [9.17, 15) is 9.59 Å². The minimum absolute atomic E-state index is 0.0564. The van der Waals surface area contributed by atoms with Crippen LogP contribution in [-0.4, -0.2) is 35.9 Å². The number of nitrogens with one attached hydrogen (secondary N) is 1. The zero-order valence-corrected chi connectivity index (χ0v) is 15.8. The number of carbonyl (C=O) groups excluding carboxylic acids is 2. The molecule has 2 aromatic rings. The molecule has 3 rings (SSSR count). The fourth-order valence-corrected chi connectivity index (χ4v) is 2.63. The van der Waals surface area contributed by atoms with E-state index >= 15 is 0 Å². The van der Waals surface area contributed by atoms with Crippen LogP contribution in [0.15, 0.2) is 22.9 Å². The first kappa shape index (κ1) is 18.8. The van der Waals surface area contributed by atoms with Crippen LogP contribution < -0.4 is 5.32 Å². The van der Waals surface area contributed by atoms with Crippen LogP contribution in [0.4, 0.5) is 10.7 Å². The van der Waals surface area contributed by atoms with Crippen LogP contribution in [0.1, 0.15) is 50.0 Å². The highest BCUT2D eigenvalue weighted by Gasteiger charge is 2.27. The second-order valence-corrected chi connectivity index (χ2v) is 6.99. The number of carbonyl (C=O) groups is 2. The number of aromatic nitrogens is 1. The molecule has 8 nitrogen and oxygen atoms in total. The molecule has 8 heteroatoms. The van der Waals surface area contributed by atoms with Crippen molar-refractivity contribution in [3.63, 3.8) is 0 Å². The Balaban J connectivity index is 2.00. The fraction of sp³-hybridized carbons (Fsp3) is 0.421. The standard InChI is InChI=1S/C19H22N2O6/c1-5-25-17(22)14-15-13(8-12(9-20-15)11-6-7-24-10-11)26-16(14)21-18(23)27-19(2,3)4/h8-10H,5-7H2,1-4H3,(H,21,23). The maximum Gasteiger partial charge on any atom is 0.414 e. The minimum atomic E-state index is -0.737. The van der Waals surface area contributed by atoms with Gasteiger partial charge in [-0.2, -0.15) is 0 Å². The Labute approximate surface area is 156 Å². The van der Waals surface area contributed by atoms with Crippen molar-refractivity contribution in [3.8, 4) is 0 Å². The molecule has 0 spiro atoms. The number of esters is 1. The summed E-state index contributed by atoms with van der Waals surface area (Å²) in [6.07, 6.45) is 3.34. The third-order valence-corrected chi connectivity index (χ3v) is 3.71. The maximum absolute atomic E-state index is 12.4. The average molecular weight is 374 g/mol. The summed E-state index contributed by atoms with van der Waals surface area (Å²) in [6.45, 7) is 7.71. The summed E-state index contributed by atoms with van der Waals surface area (Å²) < 4.78 is 21.3. The third-order valence-electron chi connectivity index (χ3n) is 3.71. The molecule has 0 saturated carbocycles. The molecule has 27 heavy (non-hydrogen) atoms. The molecule has 0 radical (unpaired) electrons. The van der Waals surface area contributed by atoms with Crippen molar-refractivity contribution in [2.75, 3.05) is 18.5 Å². The number of fused-ring (bicyclic) bond motifs is 1. The summed E-state index contributed by atoms with van der Waals surface area (Å²) in [4.78, 5) is 28.9. The fourth-order valence-electron chi connectivity index (χ4n) is 2.63. The molecular formula is C19H22N2O6. The Kier molecular flexibility index (Phi) is 5.07. The van der Waals surface area contributed by atoms with Crippen LogP contribution in [0.25, 0.3) is 16.7 Å². The van der Waals surface area contributed by atoms with Crippen molar-refractivity contribution >= 4 is 34.6 Å². The van der Waals surface area contributed by atoms with E-state index in [0.717, 1.165) is 17.6 Å². The highest BCUT2D eigenvalue weighted by atomic mass is 16.6. The largest absolute Gasteiger partial charge is 0.501 e. The van der Waals surface area contributed by atoms with Crippen LogP contribution in [0.2, 0.25) is 0 Å². The van der Waals surface area contributed by atoms with Gasteiger partial charge in [-0.1, -0.05) is 0 Å². The number of furan rings is 1. The van der Waals surface area contributed by atoms with Gasteiger partial charge in [0.25, 0.3) is 0 Å². The predicted octanol–water partition coefficient (Wildman–Crippen LogP) is 4.11. The molecule has 0 aromatic carbocycles. The number of amides is 1. The average Bonchev–Trinajstić information content (AvgIpc) is 3.19. The molecule has 0 bridgehead atoms. The van der Waals surface area contributed by atoms with Crippen molar-refractivity contribution in [1.29, 1.82) is 0 Å². The number of ether oxygens (including phenoxy) is 3. The van der Waals surface area contributed by atoms with Crippen LogP contribution in [0.5, 0.6) is 0 Å². The van der Waals surface area contributed by atoms with Gasteiger partial charge < -0.3 is 18.6 Å². The molecule has 1 aliphatic heterocycles. The van der Waals surface area contributed by atoms with E-state index < -0.39 is 17.7 Å². The maximum atomic E-state index is 12.4. The van der Waals surface area contributed by atoms with Gasteiger partial charge in [0.2, 0.25) is 5.88 Å². The van der Waals surface area contributed by atoms with Crippen molar-refractivity contribution in [1.82, 2.24) is 4.98 Å². The lowest BCUT2D eigenvalue weighted by molar-refractivity contribution is 0.0529. The van der Waals surface area contributed by atoms with E-state index in [1.54, 1.807) is 46.2 Å². The van der Waals surface area contributed by atoms with Gasteiger partial charge in [0.05, 0.1) is 19.5 Å². The van der Waals surface area contributed by atoms with Crippen LogP contribution in [-0.2, 0) is 14.2 Å². The molecule has 144 valence electrons. The smallest absolute Gasteiger partial charge is 0.414 e. The van der Waals surface area contributed by atoms with Crippen LogP contribution in [0.3, 0.4) is 0 Å². The molecule has 0 fully saturated rings. The van der Waals surface area contributed by atoms with Gasteiger partial charge in [0.15, 0.2) is 5.58 Å². The molecule has 0 saturated heterocycles. The number of hydrogen-bond donors (Lipinski definition) is 1. The van der Waals surface area contributed by atoms with Crippen molar-refractivity contribution in [3.05, 3.63) is 29.7 Å². The van der Waals surface area contributed by atoms with E-state index in [0.29, 0.717) is 17.7 Å². The van der Waals surface area contributed by atoms with Crippen molar-refractivity contribution in [2.45, 2.75) is 39.7 Å². The first-order valence-corrected chi connectivity index (χ1v) is 8.69. The molecule has 2 aromatic heterocycles. The quantitative estimate of drug-likeness (QED) is 0.804. The number of pyridine rings is 1. The summed E-state index contributed by atoms with van der Waals surface area (Å²) in [5.74, 6) is -0.690. The summed E-state index contributed by atoms with van der Waals surface area (Å²) in [6, 6.07) is 1.76. The number of anilines is 1. The van der Waals surface area contributed by atoms with Crippen molar-refractivity contribution in [2.24, 2.45) is 0 Å². The lowest BCUT2D eigenvalue weighted by atomic mass is 10.1. The predicted molar refractivity (Wildman–Crippen MR) is 98.4 cm³/mol. The van der Waals surface area contributed by atoms with Gasteiger partial charge in [0.1, 0.15) is 16.7 Å². The van der Waals surface area contributed by atoms with Crippen molar-refractivity contribution < 1.29 is 28.2 Å². The number of nitrogens with zero attached hydrogens (tertiary/aromatic N) is 1. The van der Waals surface area contributed by atoms with Gasteiger partial charge >= 0.3 is 12.1 Å². The molecule has 0 unspecified atom stereocenters. The molecular weight excluding hydrogens is 352 g/mol. The minimum Gasteiger partial charge on any atom is -0.501 e. The lowest BCUT2D eigenvalue weighted by Crippen LogP contribution is -2.27. The Bertz CT molecular complexity index is 907. The molecule has 1 N–H and O–H groups in total. The summed E-state index contributed by atoms with van der Waals surface area (Å²) in [7, 11) is 0. The summed E-state index contributed by atoms with van der Waals surface area (Å²) >= 11 is 0. The van der Waals surface area contributed by atoms with E-state index in [1.165, 1.54) is 0 Å². The highest BCUT2D eigenvalue weighted by molar-refractivity contribution is 6.08. The first-order valence-electron chi connectivity index (χ1n) is 8.69. The van der Waals surface area contributed by atoms with E-state index in [1.807, 2.05) is 0 Å². The zero-order chi connectivity index (χ0) is 19.6. The monoisotopic (exact) mass is 374 g/mol. The van der Waals surface area contributed by atoms with Gasteiger partial charge in [0, 0.05) is 18.2 Å². The molecule has 0 aliphatic carbocycles. The zero-order valence-electron chi connectivity index (χ0n) is 15.8. The second kappa shape index (κ2) is 7.30. The summed E-state index contributed by atoms with van der Waals surface area (Å²) in [5.41, 5.74) is 1.84. The third kappa shape index (κ3) is 4.21. The Morgan fingerprint density at radius 2 is 2.11 bits per heavy atom. The van der Waals surface area contributed by atoms with Crippen LogP contribution >= 0.6 is 0 Å². The second-order valence-electron chi connectivity index (χ2n) is 6.99. The Morgan fingerprint density at radius 1 is 1.33 bits per heavy atom. The number of rotatable bonds is 4. The lowest BCUT2D eigenvalue weighted by Gasteiger charge is -2.19. The molecule has 0 atom stereocenters. The summed E-state index contributed by atoms with van der Waals surface area (Å²) in [5, 5.41) is 2.48. The van der Waals surface area contributed by atoms with Gasteiger partial charge in [-0.25, -0.2) is 9.59 Å². The van der Waals surface area contributed by atoms with Gasteiger partial charge in [-0.15, -0.1) is 0 Å². The topological polar surface area (TPSA) is 99.9 Å². The Morgan fingerprint density at radius 3 is 2.74 bits per heavy atom.